The van der Waals surface area contributed by atoms with Crippen LogP contribution in [0.5, 0.6) is 0 Å². The fraction of sp³-hybridized carbons (Fsp3) is 0.406. The van der Waals surface area contributed by atoms with Gasteiger partial charge in [-0.1, -0.05) is 54.6 Å². The van der Waals surface area contributed by atoms with Gasteiger partial charge in [-0.05, 0) is 73.9 Å². The first kappa shape index (κ1) is 32.1. The second-order valence-corrected chi connectivity index (χ2v) is 13.2. The molecule has 1 aliphatic heterocycles. The summed E-state index contributed by atoms with van der Waals surface area (Å²) in [6, 6.07) is 23.4. The van der Waals surface area contributed by atoms with Gasteiger partial charge in [0.1, 0.15) is 0 Å². The van der Waals surface area contributed by atoms with Crippen LogP contribution in [0.3, 0.4) is 0 Å². The summed E-state index contributed by atoms with van der Waals surface area (Å²) in [5.74, 6) is 0.0115. The average Bonchev–Trinajstić information content (AvgIpc) is 3.39. The number of nitrogens with zero attached hydrogens (tertiary/aromatic N) is 1. The minimum atomic E-state index is -2.94. The highest BCUT2D eigenvalue weighted by Gasteiger charge is 2.29. The molecule has 1 heterocycles. The molecule has 228 valence electrons. The topological polar surface area (TPSA) is 117 Å². The Labute approximate surface area is 256 Å². The van der Waals surface area contributed by atoms with Gasteiger partial charge in [0.15, 0.2) is 0 Å². The van der Waals surface area contributed by atoms with Gasteiger partial charge in [0.25, 0.3) is 5.91 Å². The zero-order valence-electron chi connectivity index (χ0n) is 24.0. The van der Waals surface area contributed by atoms with Crippen molar-refractivity contribution in [2.75, 3.05) is 35.0 Å². The van der Waals surface area contributed by atoms with Crippen LogP contribution in [0, 0.1) is 0 Å². The molecule has 0 saturated carbocycles. The molecule has 5 rings (SSSR count). The van der Waals surface area contributed by atoms with Crippen molar-refractivity contribution >= 4 is 40.5 Å². The van der Waals surface area contributed by atoms with Crippen molar-refractivity contribution in [1.82, 2.24) is 10.6 Å². The van der Waals surface area contributed by atoms with Gasteiger partial charge < -0.3 is 21.1 Å². The van der Waals surface area contributed by atoms with Crippen molar-refractivity contribution in [3.05, 3.63) is 95.1 Å². The van der Waals surface area contributed by atoms with E-state index in [1.54, 1.807) is 16.4 Å². The number of aliphatic hydroxyl groups excluding tert-OH is 1. The van der Waals surface area contributed by atoms with Crippen molar-refractivity contribution in [3.8, 4) is 0 Å². The molecule has 42 heavy (non-hydrogen) atoms. The molecule has 0 spiro atoms. The molecule has 2 atom stereocenters. The number of hydrogen-bond acceptors (Lipinski definition) is 7. The van der Waals surface area contributed by atoms with Gasteiger partial charge in [-0.3, -0.25) is 18.2 Å². The number of carbonyl (C=O) groups is 1. The number of fused-ring (bicyclic) bond motifs is 1. The number of halogens is 1. The van der Waals surface area contributed by atoms with Gasteiger partial charge in [-0.2, -0.15) is 0 Å². The first-order valence-corrected chi connectivity index (χ1v) is 16.2. The minimum absolute atomic E-state index is 0. The van der Waals surface area contributed by atoms with Crippen molar-refractivity contribution in [1.29, 1.82) is 0 Å². The third-order valence-electron chi connectivity index (χ3n) is 7.98. The Morgan fingerprint density at radius 2 is 1.69 bits per heavy atom. The van der Waals surface area contributed by atoms with E-state index < -0.39 is 22.9 Å². The van der Waals surface area contributed by atoms with Crippen LogP contribution in [-0.2, 0) is 19.3 Å². The summed E-state index contributed by atoms with van der Waals surface area (Å²) >= 11 is 0. The summed E-state index contributed by atoms with van der Waals surface area (Å²) in [4.78, 5) is 13.7. The van der Waals surface area contributed by atoms with E-state index in [1.807, 2.05) is 43.3 Å². The van der Waals surface area contributed by atoms with Crippen molar-refractivity contribution in [2.45, 2.75) is 57.2 Å². The molecule has 3 aromatic carbocycles. The van der Waals surface area contributed by atoms with Crippen LogP contribution in [0.1, 0.15) is 46.8 Å². The Kier molecular flexibility index (Phi) is 11.2. The maximum Gasteiger partial charge on any atom is 0.251 e. The maximum absolute atomic E-state index is 13.7. The highest BCUT2D eigenvalue weighted by Crippen LogP contribution is 2.50. The Bertz CT molecular complexity index is 1300. The highest BCUT2D eigenvalue weighted by atomic mass is 35.5. The lowest BCUT2D eigenvalue weighted by Gasteiger charge is -2.47. The first-order chi connectivity index (χ1) is 19.8. The van der Waals surface area contributed by atoms with Crippen molar-refractivity contribution < 1.29 is 19.0 Å². The van der Waals surface area contributed by atoms with Crippen LogP contribution in [-0.4, -0.2) is 63.7 Å². The summed E-state index contributed by atoms with van der Waals surface area (Å²) in [7, 11) is -2.94. The summed E-state index contributed by atoms with van der Waals surface area (Å²) in [5.41, 5.74) is 5.46. The zero-order valence-corrected chi connectivity index (χ0v) is 25.7. The van der Waals surface area contributed by atoms with Gasteiger partial charge >= 0.3 is 0 Å². The van der Waals surface area contributed by atoms with E-state index in [0.717, 1.165) is 36.9 Å². The molecule has 0 unspecified atom stereocenters. The number of nitrogens with one attached hydrogen (secondary N) is 3. The molecule has 1 amide bonds. The third kappa shape index (κ3) is 7.98. The second kappa shape index (κ2) is 14.6. The van der Waals surface area contributed by atoms with E-state index in [2.05, 4.69) is 40.2 Å². The number of carbonyl (C=O) groups excluding carboxylic acids is 1. The number of rotatable bonds is 11. The summed E-state index contributed by atoms with van der Waals surface area (Å²) in [6.07, 6.45) is 3.13. The third-order valence-corrected chi connectivity index (χ3v) is 9.91. The summed E-state index contributed by atoms with van der Waals surface area (Å²) in [6.45, 7) is 3.51. The molecule has 6 N–H and O–H groups in total. The molecule has 10 heteroatoms. The number of hydrogen-bond donors (Lipinski definition) is 6. The Balaban J connectivity index is 0.00000405. The quantitative estimate of drug-likeness (QED) is 0.174. The molecular formula is C32H43ClN4O4S. The second-order valence-electron chi connectivity index (χ2n) is 11.1. The fourth-order valence-electron chi connectivity index (χ4n) is 5.83. The van der Waals surface area contributed by atoms with E-state index >= 15 is 0 Å². The van der Waals surface area contributed by atoms with Crippen LogP contribution in [0.4, 0.5) is 11.4 Å². The largest absolute Gasteiger partial charge is 0.390 e. The van der Waals surface area contributed by atoms with Gasteiger partial charge in [-0.15, -0.1) is 23.2 Å². The smallest absolute Gasteiger partial charge is 0.251 e. The van der Waals surface area contributed by atoms with Crippen LogP contribution >= 0.6 is 23.2 Å². The molecule has 1 saturated heterocycles. The van der Waals surface area contributed by atoms with E-state index in [9.17, 15) is 19.0 Å². The van der Waals surface area contributed by atoms with Crippen LogP contribution in [0.15, 0.2) is 72.8 Å². The molecular weight excluding hydrogens is 572 g/mol. The summed E-state index contributed by atoms with van der Waals surface area (Å²) in [5, 5.41) is 21.2. The lowest BCUT2D eigenvalue weighted by Crippen LogP contribution is -2.50. The monoisotopic (exact) mass is 614 g/mol. The molecule has 8 nitrogen and oxygen atoms in total. The van der Waals surface area contributed by atoms with E-state index in [1.165, 1.54) is 11.1 Å². The fourth-order valence-corrected chi connectivity index (χ4v) is 7.51. The molecule has 0 bridgehead atoms. The van der Waals surface area contributed by atoms with Crippen LogP contribution in [0.2, 0.25) is 0 Å². The lowest BCUT2D eigenvalue weighted by atomic mass is 10.00. The number of benzene rings is 3. The van der Waals surface area contributed by atoms with Crippen LogP contribution < -0.4 is 20.3 Å². The Morgan fingerprint density at radius 3 is 2.36 bits per heavy atom. The van der Waals surface area contributed by atoms with Crippen molar-refractivity contribution in [2.24, 2.45) is 0 Å². The predicted molar refractivity (Wildman–Crippen MR) is 175 cm³/mol. The lowest BCUT2D eigenvalue weighted by molar-refractivity contribution is 0.0825. The van der Waals surface area contributed by atoms with Gasteiger partial charge in [-0.25, -0.2) is 0 Å². The molecule has 1 aliphatic carbocycles. The normalized spacial score (nSPS) is 18.3. The van der Waals surface area contributed by atoms with E-state index in [-0.39, 0.29) is 24.4 Å². The van der Waals surface area contributed by atoms with E-state index in [4.69, 9.17) is 0 Å². The predicted octanol–water partition coefficient (Wildman–Crippen LogP) is 5.27. The molecule has 3 aromatic rings. The van der Waals surface area contributed by atoms with Gasteiger partial charge in [0.2, 0.25) is 0 Å². The Morgan fingerprint density at radius 1 is 1.00 bits per heavy atom. The van der Waals surface area contributed by atoms with Gasteiger partial charge in [0.05, 0.1) is 23.6 Å². The van der Waals surface area contributed by atoms with Crippen LogP contribution in [0.25, 0.3) is 0 Å². The van der Waals surface area contributed by atoms with Crippen molar-refractivity contribution in [3.63, 3.8) is 0 Å². The SMILES string of the molecule is CCNc1cc(C(=O)N[C@@H](Cc2ccccc2)[C@@H](O)CNC2Cc3ccccc3C2)cc(N2CCCCS2(O)O)c1.Cl. The molecule has 0 aromatic heterocycles. The number of amides is 1. The Hall–Kier alpha value is -2.79. The maximum atomic E-state index is 13.7. The molecule has 0 radical (unpaired) electrons. The van der Waals surface area contributed by atoms with Gasteiger partial charge in [0, 0.05) is 36.9 Å². The number of anilines is 2. The zero-order chi connectivity index (χ0) is 28.8. The molecule has 1 fully saturated rings. The average molecular weight is 615 g/mol. The summed E-state index contributed by atoms with van der Waals surface area (Å²) < 4.78 is 23.1. The highest BCUT2D eigenvalue weighted by molar-refractivity contribution is 8.25. The minimum Gasteiger partial charge on any atom is -0.390 e. The standard InChI is InChI=1S/C32H42N4O4S.ClH/c1-2-33-28-19-26(20-29(21-28)36-14-8-9-15-41(36,39)40)32(38)35-30(16-23-10-4-3-5-11-23)31(37)22-34-27-17-24-12-6-7-13-25(24)18-27;/h3-7,10-13,19-21,27,30-31,33-34,37,39-40H,2,8-9,14-18,22H2,1H3,(H,35,38);1H/t30-,31-;/m0./s1. The first-order valence-electron chi connectivity index (χ1n) is 14.6. The van der Waals surface area contributed by atoms with E-state index in [0.29, 0.717) is 43.1 Å². The number of aliphatic hydroxyl groups is 1. The molecule has 2 aliphatic rings.